The van der Waals surface area contributed by atoms with Crippen molar-refractivity contribution < 1.29 is 0 Å². The Morgan fingerprint density at radius 2 is 2.17 bits per heavy atom. The van der Waals surface area contributed by atoms with Gasteiger partial charge < -0.3 is 10.3 Å². The van der Waals surface area contributed by atoms with Gasteiger partial charge in [0.05, 0.1) is 16.5 Å². The van der Waals surface area contributed by atoms with Crippen LogP contribution in [0.1, 0.15) is 0 Å². The molecule has 90 valence electrons. The number of halogens is 1. The van der Waals surface area contributed by atoms with Gasteiger partial charge in [0.25, 0.3) is 5.56 Å². The fourth-order valence-electron chi connectivity index (χ4n) is 1.50. The Hall–Kier alpha value is -1.48. The zero-order valence-corrected chi connectivity index (χ0v) is 11.9. The molecular formula is C11H7IN4OS. The molecule has 0 aliphatic heterocycles. The smallest absolute Gasteiger partial charge is 0.266 e. The minimum Gasteiger partial charge on any atom is -0.315 e. The number of nitrogens with one attached hydrogen (secondary N) is 2. The molecule has 5 nitrogen and oxygen atoms in total. The molecule has 0 unspecified atom stereocenters. The lowest BCUT2D eigenvalue weighted by Gasteiger charge is -2.01. The number of hydrogen-bond acceptors (Lipinski definition) is 5. The van der Waals surface area contributed by atoms with E-state index in [0.29, 0.717) is 9.39 Å². The predicted octanol–water partition coefficient (Wildman–Crippen LogP) is 2.73. The van der Waals surface area contributed by atoms with Gasteiger partial charge >= 0.3 is 0 Å². The number of aromatic amines is 1. The summed E-state index contributed by atoms with van der Waals surface area (Å²) in [5.41, 5.74) is 0.777. The van der Waals surface area contributed by atoms with Crippen molar-refractivity contribution >= 4 is 55.1 Å². The third kappa shape index (κ3) is 2.10. The van der Waals surface area contributed by atoms with Gasteiger partial charge in [0.2, 0.25) is 0 Å². The second kappa shape index (κ2) is 4.65. The van der Waals surface area contributed by atoms with Crippen molar-refractivity contribution in [2.45, 2.75) is 0 Å². The van der Waals surface area contributed by atoms with E-state index in [9.17, 15) is 4.79 Å². The minimum absolute atomic E-state index is 0.158. The molecule has 18 heavy (non-hydrogen) atoms. The van der Waals surface area contributed by atoms with Gasteiger partial charge in [-0.1, -0.05) is 23.5 Å². The molecule has 1 aromatic carbocycles. The zero-order valence-electron chi connectivity index (χ0n) is 8.98. The summed E-state index contributed by atoms with van der Waals surface area (Å²) in [7, 11) is 0. The Morgan fingerprint density at radius 3 is 3.00 bits per heavy atom. The van der Waals surface area contributed by atoms with E-state index in [-0.39, 0.29) is 5.56 Å². The highest BCUT2D eigenvalue weighted by molar-refractivity contribution is 14.1. The molecule has 3 aromatic rings. The molecule has 0 saturated carbocycles. The maximum Gasteiger partial charge on any atom is 0.266 e. The maximum absolute atomic E-state index is 11.4. The number of para-hydroxylation sites is 1. The standard InChI is InChI=1S/C11H7IN4OS/c12-8-9(13-5-14-10(8)17)16-11-15-6-3-1-2-4-7(6)18-11/h1-5H,(H2,13,14,15,16,17). The number of nitrogens with zero attached hydrogens (tertiary/aromatic N) is 2. The third-order valence-electron chi connectivity index (χ3n) is 2.32. The molecule has 2 N–H and O–H groups in total. The lowest BCUT2D eigenvalue weighted by atomic mass is 10.3. The topological polar surface area (TPSA) is 70.7 Å². The van der Waals surface area contributed by atoms with Crippen LogP contribution >= 0.6 is 33.9 Å². The molecule has 2 heterocycles. The van der Waals surface area contributed by atoms with E-state index < -0.39 is 0 Å². The summed E-state index contributed by atoms with van der Waals surface area (Å²) in [5.74, 6) is 0.526. The van der Waals surface area contributed by atoms with Crippen LogP contribution in [0.2, 0.25) is 0 Å². The first-order chi connectivity index (χ1) is 8.74. The van der Waals surface area contributed by atoms with E-state index in [1.54, 1.807) is 0 Å². The van der Waals surface area contributed by atoms with Gasteiger partial charge in [0.1, 0.15) is 3.57 Å². The molecule has 0 radical (unpaired) electrons. The number of aromatic nitrogens is 3. The SMILES string of the molecule is O=c1[nH]cnc(Nc2nc3ccccc3s2)c1I. The second-order valence-corrected chi connectivity index (χ2v) is 5.62. The number of benzene rings is 1. The molecule has 3 rings (SSSR count). The van der Waals surface area contributed by atoms with Crippen molar-refractivity contribution in [1.82, 2.24) is 15.0 Å². The number of H-pyrrole nitrogens is 1. The molecular weight excluding hydrogens is 363 g/mol. The van der Waals surface area contributed by atoms with E-state index in [0.717, 1.165) is 15.3 Å². The Bertz CT molecular complexity index is 734. The van der Waals surface area contributed by atoms with Gasteiger partial charge in [0, 0.05) is 0 Å². The first-order valence-corrected chi connectivity index (χ1v) is 6.99. The molecule has 0 bridgehead atoms. The highest BCUT2D eigenvalue weighted by atomic mass is 127. The first-order valence-electron chi connectivity index (χ1n) is 5.10. The van der Waals surface area contributed by atoms with E-state index in [1.165, 1.54) is 17.7 Å². The summed E-state index contributed by atoms with van der Waals surface area (Å²) in [6.07, 6.45) is 1.38. The molecule has 0 amide bonds. The molecule has 0 saturated heterocycles. The molecule has 7 heteroatoms. The van der Waals surface area contributed by atoms with Gasteiger partial charge in [0.15, 0.2) is 10.9 Å². The number of anilines is 2. The number of rotatable bonds is 2. The van der Waals surface area contributed by atoms with Gasteiger partial charge in [-0.25, -0.2) is 9.97 Å². The van der Waals surface area contributed by atoms with Crippen molar-refractivity contribution in [3.05, 3.63) is 44.5 Å². The third-order valence-corrected chi connectivity index (χ3v) is 4.27. The monoisotopic (exact) mass is 370 g/mol. The molecule has 0 fully saturated rings. The van der Waals surface area contributed by atoms with Gasteiger partial charge in [-0.2, -0.15) is 0 Å². The van der Waals surface area contributed by atoms with Crippen molar-refractivity contribution in [1.29, 1.82) is 0 Å². The normalized spacial score (nSPS) is 10.7. The van der Waals surface area contributed by atoms with Crippen LogP contribution in [0.4, 0.5) is 10.9 Å². The summed E-state index contributed by atoms with van der Waals surface area (Å²) in [4.78, 5) is 22.5. The summed E-state index contributed by atoms with van der Waals surface area (Å²) in [6.45, 7) is 0. The van der Waals surface area contributed by atoms with E-state index >= 15 is 0 Å². The largest absolute Gasteiger partial charge is 0.315 e. The van der Waals surface area contributed by atoms with E-state index in [1.807, 2.05) is 46.9 Å². The summed E-state index contributed by atoms with van der Waals surface area (Å²) < 4.78 is 1.62. The lowest BCUT2D eigenvalue weighted by Crippen LogP contribution is -2.12. The molecule has 0 aliphatic carbocycles. The van der Waals surface area contributed by atoms with Crippen molar-refractivity contribution in [2.75, 3.05) is 5.32 Å². The van der Waals surface area contributed by atoms with Crippen LogP contribution < -0.4 is 10.9 Å². The molecule has 0 atom stereocenters. The highest BCUT2D eigenvalue weighted by Crippen LogP contribution is 2.27. The van der Waals surface area contributed by atoms with E-state index in [4.69, 9.17) is 0 Å². The Balaban J connectivity index is 2.01. The molecule has 2 aromatic heterocycles. The van der Waals surface area contributed by atoms with E-state index in [2.05, 4.69) is 20.3 Å². The quantitative estimate of drug-likeness (QED) is 0.681. The number of thiazole rings is 1. The summed E-state index contributed by atoms with van der Waals surface area (Å²) in [6, 6.07) is 7.88. The molecule has 0 spiro atoms. The lowest BCUT2D eigenvalue weighted by molar-refractivity contribution is 1.10. The number of hydrogen-bond donors (Lipinski definition) is 2. The first kappa shape index (κ1) is 11.6. The van der Waals surface area contributed by atoms with Crippen molar-refractivity contribution in [2.24, 2.45) is 0 Å². The zero-order chi connectivity index (χ0) is 12.5. The summed E-state index contributed by atoms with van der Waals surface area (Å²) in [5, 5.41) is 3.80. The van der Waals surface area contributed by atoms with Crippen LogP contribution in [0.25, 0.3) is 10.2 Å². The maximum atomic E-state index is 11.4. The van der Waals surface area contributed by atoms with Gasteiger partial charge in [-0.05, 0) is 34.7 Å². The Labute approximate surface area is 119 Å². The van der Waals surface area contributed by atoms with Crippen LogP contribution in [0.5, 0.6) is 0 Å². The number of fused-ring (bicyclic) bond motifs is 1. The van der Waals surface area contributed by atoms with Crippen molar-refractivity contribution in [3.8, 4) is 0 Å². The minimum atomic E-state index is -0.158. The van der Waals surface area contributed by atoms with Gasteiger partial charge in [-0.3, -0.25) is 4.79 Å². The average molecular weight is 370 g/mol. The Kier molecular flexibility index (Phi) is 3.00. The fraction of sp³-hybridized carbons (Fsp3) is 0. The highest BCUT2D eigenvalue weighted by Gasteiger charge is 2.08. The van der Waals surface area contributed by atoms with Crippen LogP contribution in [0.15, 0.2) is 35.4 Å². The van der Waals surface area contributed by atoms with Gasteiger partial charge in [-0.15, -0.1) is 0 Å². The molecule has 0 aliphatic rings. The summed E-state index contributed by atoms with van der Waals surface area (Å²) >= 11 is 3.49. The van der Waals surface area contributed by atoms with Crippen LogP contribution in [-0.2, 0) is 0 Å². The fourth-order valence-corrected chi connectivity index (χ4v) is 2.79. The van der Waals surface area contributed by atoms with Crippen LogP contribution in [-0.4, -0.2) is 15.0 Å². The van der Waals surface area contributed by atoms with Crippen molar-refractivity contribution in [3.63, 3.8) is 0 Å². The second-order valence-electron chi connectivity index (χ2n) is 3.51. The average Bonchev–Trinajstić information content (AvgIpc) is 2.77. The Morgan fingerprint density at radius 1 is 1.33 bits per heavy atom. The van der Waals surface area contributed by atoms with Crippen LogP contribution in [0.3, 0.4) is 0 Å². The predicted molar refractivity (Wildman–Crippen MR) is 80.5 cm³/mol. The van der Waals surface area contributed by atoms with Crippen LogP contribution in [0, 0.1) is 3.57 Å².